The van der Waals surface area contributed by atoms with E-state index in [1.807, 2.05) is 37.0 Å². The Morgan fingerprint density at radius 2 is 2.00 bits per heavy atom. The van der Waals surface area contributed by atoms with E-state index in [-0.39, 0.29) is 0 Å². The monoisotopic (exact) mass is 288 g/mol. The number of aryl methyl sites for hydroxylation is 1. The van der Waals surface area contributed by atoms with Gasteiger partial charge < -0.3 is 15.4 Å². The molecule has 0 unspecified atom stereocenters. The summed E-state index contributed by atoms with van der Waals surface area (Å²) in [4.78, 5) is 2.10. The van der Waals surface area contributed by atoms with Crippen molar-refractivity contribution in [3.8, 4) is 5.75 Å². The number of hydrogen-bond donors (Lipinski definition) is 1. The Labute approximate surface area is 126 Å². The Balaban J connectivity index is 2.31. The summed E-state index contributed by atoms with van der Waals surface area (Å²) in [5.41, 5.74) is 9.09. The predicted octanol–water partition coefficient (Wildman–Crippen LogP) is 2.77. The van der Waals surface area contributed by atoms with Crippen LogP contribution in [0.25, 0.3) is 0 Å². The van der Waals surface area contributed by atoms with Gasteiger partial charge in [0, 0.05) is 26.2 Å². The average molecular weight is 288 g/mol. The minimum atomic E-state index is 0.310. The summed E-state index contributed by atoms with van der Waals surface area (Å²) in [7, 11) is 5.63. The summed E-state index contributed by atoms with van der Waals surface area (Å²) in [6, 6.07) is 8.01. The van der Waals surface area contributed by atoms with Crippen LogP contribution >= 0.6 is 0 Å². The number of nitrogens with two attached hydrogens (primary N) is 1. The highest BCUT2D eigenvalue weighted by molar-refractivity contribution is 5.67. The molecule has 0 spiro atoms. The summed E-state index contributed by atoms with van der Waals surface area (Å²) in [5, 5.41) is 4.53. The minimum Gasteiger partial charge on any atom is -0.496 e. The Morgan fingerprint density at radius 3 is 2.57 bits per heavy atom. The molecule has 1 aromatic carbocycles. The number of ether oxygens (including phenoxy) is 1. The second kappa shape index (κ2) is 6.08. The fraction of sp³-hybridized carbons (Fsp3) is 0.438. The highest BCUT2D eigenvalue weighted by Crippen LogP contribution is 2.31. The van der Waals surface area contributed by atoms with Crippen LogP contribution in [-0.4, -0.2) is 23.9 Å². The van der Waals surface area contributed by atoms with Gasteiger partial charge in [-0.25, -0.2) is 0 Å². The first kappa shape index (κ1) is 15.2. The molecule has 0 bridgehead atoms. The van der Waals surface area contributed by atoms with Gasteiger partial charge in [0.25, 0.3) is 0 Å². The molecule has 0 aliphatic rings. The van der Waals surface area contributed by atoms with Crippen LogP contribution < -0.4 is 15.4 Å². The van der Waals surface area contributed by atoms with Crippen molar-refractivity contribution < 1.29 is 4.74 Å². The maximum atomic E-state index is 6.27. The Morgan fingerprint density at radius 1 is 1.33 bits per heavy atom. The zero-order valence-corrected chi connectivity index (χ0v) is 13.4. The van der Waals surface area contributed by atoms with Gasteiger partial charge in [0.05, 0.1) is 18.5 Å². The number of methoxy groups -OCH3 is 1. The Kier molecular flexibility index (Phi) is 4.40. The van der Waals surface area contributed by atoms with Gasteiger partial charge in [-0.15, -0.1) is 0 Å². The van der Waals surface area contributed by atoms with Crippen molar-refractivity contribution in [3.63, 3.8) is 0 Å². The van der Waals surface area contributed by atoms with Crippen LogP contribution in [0.3, 0.4) is 0 Å². The van der Waals surface area contributed by atoms with Gasteiger partial charge >= 0.3 is 0 Å². The molecular weight excluding hydrogens is 264 g/mol. The van der Waals surface area contributed by atoms with Crippen molar-refractivity contribution in [1.29, 1.82) is 0 Å². The summed E-state index contributed by atoms with van der Waals surface area (Å²) in [6.07, 6.45) is 0. The van der Waals surface area contributed by atoms with Gasteiger partial charge in [-0.2, -0.15) is 5.10 Å². The van der Waals surface area contributed by atoms with E-state index < -0.39 is 0 Å². The first-order valence-electron chi connectivity index (χ1n) is 7.11. The molecular formula is C16H24N4O. The van der Waals surface area contributed by atoms with E-state index >= 15 is 0 Å². The van der Waals surface area contributed by atoms with Gasteiger partial charge in [0.2, 0.25) is 0 Å². The highest BCUT2D eigenvalue weighted by atomic mass is 16.5. The van der Waals surface area contributed by atoms with E-state index in [1.165, 1.54) is 0 Å². The third kappa shape index (κ3) is 2.96. The molecule has 2 N–H and O–H groups in total. The zero-order valence-electron chi connectivity index (χ0n) is 13.4. The molecule has 0 fully saturated rings. The molecule has 2 aromatic rings. The molecule has 5 heteroatoms. The molecule has 0 atom stereocenters. The summed E-state index contributed by atoms with van der Waals surface area (Å²) in [6.45, 7) is 4.91. The number of para-hydroxylation sites is 1. The standard InChI is InChI=1S/C16H24N4O/c1-11(2)15-14(17)16(20(4)18-15)19(3)10-12-8-6-7-9-13(12)21-5/h6-9,11H,10,17H2,1-5H3. The highest BCUT2D eigenvalue weighted by Gasteiger charge is 2.19. The molecule has 1 heterocycles. The first-order valence-corrected chi connectivity index (χ1v) is 7.11. The molecule has 2 rings (SSSR count). The topological polar surface area (TPSA) is 56.3 Å². The smallest absolute Gasteiger partial charge is 0.150 e. The van der Waals surface area contributed by atoms with Crippen molar-refractivity contribution >= 4 is 11.5 Å². The molecule has 0 saturated heterocycles. The number of aromatic nitrogens is 2. The number of hydrogen-bond acceptors (Lipinski definition) is 4. The van der Waals surface area contributed by atoms with E-state index in [0.717, 1.165) is 28.5 Å². The molecule has 114 valence electrons. The van der Waals surface area contributed by atoms with Crippen LogP contribution in [0.4, 0.5) is 11.5 Å². The predicted molar refractivity (Wildman–Crippen MR) is 86.8 cm³/mol. The van der Waals surface area contributed by atoms with Crippen molar-refractivity contribution in [1.82, 2.24) is 9.78 Å². The molecule has 5 nitrogen and oxygen atoms in total. The van der Waals surface area contributed by atoms with E-state index in [2.05, 4.69) is 29.9 Å². The number of rotatable bonds is 5. The molecule has 1 aromatic heterocycles. The third-order valence-corrected chi connectivity index (χ3v) is 3.59. The summed E-state index contributed by atoms with van der Waals surface area (Å²) >= 11 is 0. The Bertz CT molecular complexity index is 619. The molecule has 0 saturated carbocycles. The van der Waals surface area contributed by atoms with Gasteiger partial charge in [-0.1, -0.05) is 32.0 Å². The molecule has 0 aliphatic carbocycles. The van der Waals surface area contributed by atoms with E-state index in [4.69, 9.17) is 10.5 Å². The molecule has 0 radical (unpaired) electrons. The van der Waals surface area contributed by atoms with Gasteiger partial charge in [-0.3, -0.25) is 4.68 Å². The van der Waals surface area contributed by atoms with Crippen molar-refractivity contribution in [2.24, 2.45) is 7.05 Å². The SMILES string of the molecule is COc1ccccc1CN(C)c1c(N)c(C(C)C)nn1C. The zero-order chi connectivity index (χ0) is 15.6. The largest absolute Gasteiger partial charge is 0.496 e. The fourth-order valence-electron chi connectivity index (χ4n) is 2.59. The number of anilines is 2. The number of benzene rings is 1. The maximum Gasteiger partial charge on any atom is 0.150 e. The van der Waals surface area contributed by atoms with E-state index in [9.17, 15) is 0 Å². The fourth-order valence-corrected chi connectivity index (χ4v) is 2.59. The minimum absolute atomic E-state index is 0.310. The lowest BCUT2D eigenvalue weighted by Gasteiger charge is -2.21. The molecule has 0 aliphatic heterocycles. The van der Waals surface area contributed by atoms with Crippen LogP contribution in [0.1, 0.15) is 31.0 Å². The lowest BCUT2D eigenvalue weighted by Crippen LogP contribution is -2.20. The third-order valence-electron chi connectivity index (χ3n) is 3.59. The van der Waals surface area contributed by atoms with Gasteiger partial charge in [0.1, 0.15) is 11.6 Å². The van der Waals surface area contributed by atoms with Gasteiger partial charge in [-0.05, 0) is 12.0 Å². The van der Waals surface area contributed by atoms with Crippen molar-refractivity contribution in [3.05, 3.63) is 35.5 Å². The summed E-state index contributed by atoms with van der Waals surface area (Å²) in [5.74, 6) is 2.13. The average Bonchev–Trinajstić information content (AvgIpc) is 2.74. The van der Waals surface area contributed by atoms with Gasteiger partial charge in [0.15, 0.2) is 0 Å². The number of nitrogens with zero attached hydrogens (tertiary/aromatic N) is 3. The van der Waals surface area contributed by atoms with Crippen LogP contribution in [0.2, 0.25) is 0 Å². The maximum absolute atomic E-state index is 6.27. The van der Waals surface area contributed by atoms with Crippen molar-refractivity contribution in [2.75, 3.05) is 24.8 Å². The van der Waals surface area contributed by atoms with Crippen LogP contribution in [0, 0.1) is 0 Å². The molecule has 0 amide bonds. The van der Waals surface area contributed by atoms with Crippen LogP contribution in [0.15, 0.2) is 24.3 Å². The Hall–Kier alpha value is -2.17. The lowest BCUT2D eigenvalue weighted by molar-refractivity contribution is 0.409. The quantitative estimate of drug-likeness (QED) is 0.919. The summed E-state index contributed by atoms with van der Waals surface area (Å²) < 4.78 is 7.25. The van der Waals surface area contributed by atoms with E-state index in [0.29, 0.717) is 12.5 Å². The number of nitrogen functional groups attached to an aromatic ring is 1. The van der Waals surface area contributed by atoms with E-state index in [1.54, 1.807) is 7.11 Å². The molecule has 21 heavy (non-hydrogen) atoms. The second-order valence-electron chi connectivity index (χ2n) is 5.57. The van der Waals surface area contributed by atoms with Crippen molar-refractivity contribution in [2.45, 2.75) is 26.3 Å². The second-order valence-corrected chi connectivity index (χ2v) is 5.57. The lowest BCUT2D eigenvalue weighted by atomic mass is 10.1. The normalized spacial score (nSPS) is 11.0. The van der Waals surface area contributed by atoms with Crippen LogP contribution in [-0.2, 0) is 13.6 Å². The first-order chi connectivity index (χ1) is 9.95. The van der Waals surface area contributed by atoms with Crippen LogP contribution in [0.5, 0.6) is 5.75 Å².